The number of hydrogen-bond acceptors (Lipinski definition) is 3. The summed E-state index contributed by atoms with van der Waals surface area (Å²) in [7, 11) is 0. The highest BCUT2D eigenvalue weighted by atomic mass is 32.1. The van der Waals surface area contributed by atoms with Crippen LogP contribution in [0, 0.1) is 17.7 Å². The van der Waals surface area contributed by atoms with E-state index in [4.69, 9.17) is 5.73 Å². The quantitative estimate of drug-likeness (QED) is 0.826. The first-order valence-electron chi connectivity index (χ1n) is 5.54. The maximum absolute atomic E-state index is 13.7. The predicted molar refractivity (Wildman–Crippen MR) is 74.6 cm³/mol. The van der Waals surface area contributed by atoms with Crippen LogP contribution in [0.1, 0.15) is 15.2 Å². The summed E-state index contributed by atoms with van der Waals surface area (Å²) in [6.45, 7) is 0.177. The van der Waals surface area contributed by atoms with Gasteiger partial charge < -0.3 is 11.1 Å². The molecule has 0 unspecified atom stereocenters. The van der Waals surface area contributed by atoms with Crippen molar-refractivity contribution in [3.63, 3.8) is 0 Å². The van der Waals surface area contributed by atoms with Crippen molar-refractivity contribution in [2.45, 2.75) is 0 Å². The highest BCUT2D eigenvalue weighted by Gasteiger charge is 2.08. The van der Waals surface area contributed by atoms with Crippen molar-refractivity contribution in [3.8, 4) is 11.8 Å². The summed E-state index contributed by atoms with van der Waals surface area (Å²) in [5.41, 5.74) is 5.89. The third-order valence-electron chi connectivity index (χ3n) is 2.30. The Kier molecular flexibility index (Phi) is 4.29. The first-order chi connectivity index (χ1) is 9.20. The highest BCUT2D eigenvalue weighted by Crippen LogP contribution is 2.16. The van der Waals surface area contributed by atoms with Gasteiger partial charge in [-0.2, -0.15) is 0 Å². The Balaban J connectivity index is 2.14. The Morgan fingerprint density at radius 3 is 2.89 bits per heavy atom. The second kappa shape index (κ2) is 6.14. The zero-order valence-electron chi connectivity index (χ0n) is 9.94. The van der Waals surface area contributed by atoms with Crippen LogP contribution in [0.2, 0.25) is 0 Å². The van der Waals surface area contributed by atoms with Gasteiger partial charge in [0.2, 0.25) is 0 Å². The van der Waals surface area contributed by atoms with Crippen molar-refractivity contribution in [3.05, 3.63) is 52.0 Å². The van der Waals surface area contributed by atoms with Gasteiger partial charge in [0, 0.05) is 5.69 Å². The summed E-state index contributed by atoms with van der Waals surface area (Å²) < 4.78 is 13.7. The first kappa shape index (κ1) is 13.3. The van der Waals surface area contributed by atoms with Gasteiger partial charge in [0.1, 0.15) is 5.82 Å². The monoisotopic (exact) mass is 274 g/mol. The summed E-state index contributed by atoms with van der Waals surface area (Å²) in [5.74, 6) is 4.46. The fourth-order valence-electron chi connectivity index (χ4n) is 1.44. The van der Waals surface area contributed by atoms with Crippen LogP contribution < -0.4 is 11.1 Å². The molecule has 1 aromatic carbocycles. The van der Waals surface area contributed by atoms with Crippen LogP contribution in [0.3, 0.4) is 0 Å². The van der Waals surface area contributed by atoms with E-state index in [0.717, 1.165) is 0 Å². The molecule has 0 bridgehead atoms. The molecule has 0 saturated heterocycles. The van der Waals surface area contributed by atoms with Gasteiger partial charge in [-0.25, -0.2) is 4.39 Å². The third kappa shape index (κ3) is 3.41. The van der Waals surface area contributed by atoms with Gasteiger partial charge in [0.15, 0.2) is 0 Å². The Morgan fingerprint density at radius 1 is 1.42 bits per heavy atom. The molecular weight excluding hydrogens is 263 g/mol. The lowest BCUT2D eigenvalue weighted by molar-refractivity contribution is 0.103. The summed E-state index contributed by atoms with van der Waals surface area (Å²) in [4.78, 5) is 12.4. The van der Waals surface area contributed by atoms with Gasteiger partial charge in [-0.15, -0.1) is 11.3 Å². The van der Waals surface area contributed by atoms with Crippen LogP contribution in [0.25, 0.3) is 0 Å². The van der Waals surface area contributed by atoms with Crippen molar-refractivity contribution in [2.75, 3.05) is 11.9 Å². The molecular formula is C14H11FN2OS. The van der Waals surface area contributed by atoms with Crippen molar-refractivity contribution in [1.29, 1.82) is 0 Å². The SMILES string of the molecule is NCC#Cc1ccc(NC(=O)c2cccs2)cc1F. The van der Waals surface area contributed by atoms with Crippen LogP contribution in [0.15, 0.2) is 35.7 Å². The molecule has 0 saturated carbocycles. The van der Waals surface area contributed by atoms with Gasteiger partial charge in [-0.3, -0.25) is 4.79 Å². The van der Waals surface area contributed by atoms with E-state index in [1.807, 2.05) is 0 Å². The fourth-order valence-corrected chi connectivity index (χ4v) is 2.06. The molecule has 0 spiro atoms. The van der Waals surface area contributed by atoms with E-state index < -0.39 is 5.82 Å². The van der Waals surface area contributed by atoms with E-state index in [1.165, 1.54) is 23.5 Å². The van der Waals surface area contributed by atoms with Crippen LogP contribution in [0.4, 0.5) is 10.1 Å². The molecule has 1 heterocycles. The summed E-state index contributed by atoms with van der Waals surface area (Å²) in [6.07, 6.45) is 0. The number of benzene rings is 1. The standard InChI is InChI=1S/C14H11FN2OS/c15-12-9-11(6-5-10(12)3-1-7-16)17-14(18)13-4-2-8-19-13/h2,4-6,8-9H,7,16H2,(H,17,18). The number of halogens is 1. The Hall–Kier alpha value is -2.16. The molecule has 96 valence electrons. The van der Waals surface area contributed by atoms with Gasteiger partial charge in [-0.05, 0) is 29.6 Å². The first-order valence-corrected chi connectivity index (χ1v) is 6.42. The van der Waals surface area contributed by atoms with Crippen LogP contribution in [-0.2, 0) is 0 Å². The molecule has 2 rings (SSSR count). The van der Waals surface area contributed by atoms with Crippen LogP contribution in [-0.4, -0.2) is 12.5 Å². The molecule has 0 radical (unpaired) electrons. The molecule has 2 aromatic rings. The zero-order chi connectivity index (χ0) is 13.7. The topological polar surface area (TPSA) is 55.1 Å². The van der Waals surface area contributed by atoms with Gasteiger partial charge in [0.05, 0.1) is 17.0 Å². The lowest BCUT2D eigenvalue weighted by Gasteiger charge is -2.04. The number of thiophene rings is 1. The lowest BCUT2D eigenvalue weighted by atomic mass is 10.2. The maximum atomic E-state index is 13.7. The molecule has 0 fully saturated rings. The predicted octanol–water partition coefficient (Wildman–Crippen LogP) is 2.45. The third-order valence-corrected chi connectivity index (χ3v) is 3.17. The second-order valence-corrected chi connectivity index (χ2v) is 4.58. The van der Waals surface area contributed by atoms with Crippen molar-refractivity contribution < 1.29 is 9.18 Å². The van der Waals surface area contributed by atoms with E-state index in [-0.39, 0.29) is 18.0 Å². The number of nitrogens with two attached hydrogens (primary N) is 1. The molecule has 19 heavy (non-hydrogen) atoms. The highest BCUT2D eigenvalue weighted by molar-refractivity contribution is 7.12. The minimum absolute atomic E-state index is 0.177. The summed E-state index contributed by atoms with van der Waals surface area (Å²) >= 11 is 1.33. The van der Waals surface area contributed by atoms with Gasteiger partial charge >= 0.3 is 0 Å². The molecule has 1 amide bonds. The normalized spacial score (nSPS) is 9.58. The van der Waals surface area contributed by atoms with E-state index in [2.05, 4.69) is 17.2 Å². The Labute approximate surface area is 114 Å². The fraction of sp³-hybridized carbons (Fsp3) is 0.0714. The van der Waals surface area contributed by atoms with Crippen molar-refractivity contribution >= 4 is 22.9 Å². The van der Waals surface area contributed by atoms with Crippen molar-refractivity contribution in [2.24, 2.45) is 5.73 Å². The number of carbonyl (C=O) groups excluding carboxylic acids is 1. The van der Waals surface area contributed by atoms with E-state index in [9.17, 15) is 9.18 Å². The smallest absolute Gasteiger partial charge is 0.265 e. The van der Waals surface area contributed by atoms with Gasteiger partial charge in [0.25, 0.3) is 5.91 Å². The number of anilines is 1. The minimum Gasteiger partial charge on any atom is -0.321 e. The molecule has 0 aliphatic rings. The number of hydrogen-bond donors (Lipinski definition) is 2. The maximum Gasteiger partial charge on any atom is 0.265 e. The molecule has 1 aromatic heterocycles. The second-order valence-electron chi connectivity index (χ2n) is 3.63. The van der Waals surface area contributed by atoms with E-state index in [1.54, 1.807) is 23.6 Å². The van der Waals surface area contributed by atoms with Crippen LogP contribution >= 0.6 is 11.3 Å². The number of carbonyl (C=O) groups is 1. The molecule has 3 N–H and O–H groups in total. The van der Waals surface area contributed by atoms with Crippen LogP contribution in [0.5, 0.6) is 0 Å². The number of rotatable bonds is 2. The molecule has 5 heteroatoms. The minimum atomic E-state index is -0.482. The largest absolute Gasteiger partial charge is 0.321 e. The Morgan fingerprint density at radius 2 is 2.26 bits per heavy atom. The molecule has 0 aliphatic heterocycles. The summed E-state index contributed by atoms with van der Waals surface area (Å²) in [5, 5.41) is 4.43. The van der Waals surface area contributed by atoms with E-state index >= 15 is 0 Å². The molecule has 0 aliphatic carbocycles. The van der Waals surface area contributed by atoms with Gasteiger partial charge in [-0.1, -0.05) is 17.9 Å². The average molecular weight is 274 g/mol. The lowest BCUT2D eigenvalue weighted by Crippen LogP contribution is -2.10. The molecule has 3 nitrogen and oxygen atoms in total. The van der Waals surface area contributed by atoms with E-state index in [0.29, 0.717) is 10.6 Å². The number of nitrogens with one attached hydrogen (secondary N) is 1. The Bertz CT molecular complexity index is 641. The number of amides is 1. The van der Waals surface area contributed by atoms with Crippen molar-refractivity contribution in [1.82, 2.24) is 0 Å². The molecule has 0 atom stereocenters. The average Bonchev–Trinajstić information content (AvgIpc) is 2.92. The summed E-state index contributed by atoms with van der Waals surface area (Å²) in [6, 6.07) is 7.85. The zero-order valence-corrected chi connectivity index (χ0v) is 10.8.